The summed E-state index contributed by atoms with van der Waals surface area (Å²) < 4.78 is 5.92. The molecule has 3 heteroatoms. The van der Waals surface area contributed by atoms with Crippen molar-refractivity contribution in [3.05, 3.63) is 0 Å². The van der Waals surface area contributed by atoms with Gasteiger partial charge in [0.25, 0.3) is 0 Å². The van der Waals surface area contributed by atoms with Gasteiger partial charge >= 0.3 is 0 Å². The zero-order valence-corrected chi connectivity index (χ0v) is 12.9. The van der Waals surface area contributed by atoms with Crippen molar-refractivity contribution in [3.8, 4) is 0 Å². The maximum absolute atomic E-state index is 10.3. The number of likely N-dealkylation sites (tertiary alicyclic amines) is 1. The van der Waals surface area contributed by atoms with Gasteiger partial charge in [-0.2, -0.15) is 0 Å². The van der Waals surface area contributed by atoms with Crippen LogP contribution in [0.5, 0.6) is 0 Å². The Labute approximate surface area is 118 Å². The highest BCUT2D eigenvalue weighted by Crippen LogP contribution is 2.38. The first-order valence-corrected chi connectivity index (χ1v) is 8.05. The number of hydrogen-bond donors (Lipinski definition) is 1. The molecule has 2 fully saturated rings. The molecule has 0 aromatic carbocycles. The van der Waals surface area contributed by atoms with E-state index in [2.05, 4.69) is 25.7 Å². The van der Waals surface area contributed by atoms with Crippen LogP contribution in [0, 0.1) is 5.41 Å². The zero-order valence-electron chi connectivity index (χ0n) is 12.9. The Balaban J connectivity index is 1.92. The molecule has 1 aliphatic heterocycles. The van der Waals surface area contributed by atoms with E-state index in [0.29, 0.717) is 17.6 Å². The molecule has 0 spiro atoms. The van der Waals surface area contributed by atoms with E-state index in [1.54, 1.807) is 0 Å². The van der Waals surface area contributed by atoms with Gasteiger partial charge in [0.15, 0.2) is 0 Å². The molecule has 3 nitrogen and oxygen atoms in total. The Hall–Kier alpha value is -0.120. The lowest BCUT2D eigenvalue weighted by atomic mass is 9.73. The molecule has 3 atom stereocenters. The fraction of sp³-hybridized carbons (Fsp3) is 1.00. The Morgan fingerprint density at radius 1 is 1.32 bits per heavy atom. The van der Waals surface area contributed by atoms with Gasteiger partial charge in [-0.15, -0.1) is 0 Å². The molecule has 1 saturated heterocycles. The van der Waals surface area contributed by atoms with Crippen LogP contribution in [0.1, 0.15) is 59.3 Å². The molecule has 1 aliphatic carbocycles. The highest BCUT2D eigenvalue weighted by Gasteiger charge is 2.38. The number of ether oxygens (including phenoxy) is 1. The summed E-state index contributed by atoms with van der Waals surface area (Å²) in [6, 6.07) is 0.344. The standard InChI is InChI=1S/C16H31NO2/c1-4-10-19-13-6-5-9-17(12-13)14-11-16(2,3)8-7-15(14)18/h13-15,18H,4-12H2,1-3H3. The second-order valence-corrected chi connectivity index (χ2v) is 7.17. The number of aliphatic hydroxyl groups is 1. The van der Waals surface area contributed by atoms with Crippen molar-refractivity contribution in [1.29, 1.82) is 0 Å². The molecule has 0 amide bonds. The van der Waals surface area contributed by atoms with Gasteiger partial charge in [-0.05, 0) is 50.5 Å². The van der Waals surface area contributed by atoms with Crippen LogP contribution in [0.15, 0.2) is 0 Å². The summed E-state index contributed by atoms with van der Waals surface area (Å²) >= 11 is 0. The number of nitrogens with zero attached hydrogens (tertiary/aromatic N) is 1. The van der Waals surface area contributed by atoms with Gasteiger partial charge in [-0.3, -0.25) is 4.90 Å². The van der Waals surface area contributed by atoms with Gasteiger partial charge in [-0.1, -0.05) is 20.8 Å². The van der Waals surface area contributed by atoms with Crippen LogP contribution in [0.25, 0.3) is 0 Å². The van der Waals surface area contributed by atoms with E-state index in [1.165, 1.54) is 12.8 Å². The summed E-state index contributed by atoms with van der Waals surface area (Å²) in [7, 11) is 0. The van der Waals surface area contributed by atoms with E-state index in [0.717, 1.165) is 45.4 Å². The van der Waals surface area contributed by atoms with Crippen molar-refractivity contribution in [2.24, 2.45) is 5.41 Å². The Kier molecular flexibility index (Phi) is 5.27. The van der Waals surface area contributed by atoms with Gasteiger partial charge in [0.1, 0.15) is 0 Å². The number of hydrogen-bond acceptors (Lipinski definition) is 3. The van der Waals surface area contributed by atoms with Crippen LogP contribution >= 0.6 is 0 Å². The van der Waals surface area contributed by atoms with Gasteiger partial charge in [0.05, 0.1) is 12.2 Å². The number of aliphatic hydroxyl groups excluding tert-OH is 1. The van der Waals surface area contributed by atoms with Crippen LogP contribution in [-0.2, 0) is 4.74 Å². The van der Waals surface area contributed by atoms with Crippen molar-refractivity contribution >= 4 is 0 Å². The maximum atomic E-state index is 10.3. The van der Waals surface area contributed by atoms with Gasteiger partial charge in [0.2, 0.25) is 0 Å². The topological polar surface area (TPSA) is 32.7 Å². The Bertz CT molecular complexity index is 280. The van der Waals surface area contributed by atoms with Crippen LogP contribution < -0.4 is 0 Å². The molecule has 19 heavy (non-hydrogen) atoms. The molecule has 0 radical (unpaired) electrons. The minimum atomic E-state index is -0.141. The third-order valence-electron chi connectivity index (χ3n) is 4.76. The SMILES string of the molecule is CCCOC1CCCN(C2CC(C)(C)CCC2O)C1. The average molecular weight is 269 g/mol. The van der Waals surface area contributed by atoms with Crippen LogP contribution in [-0.4, -0.2) is 48.0 Å². The third-order valence-corrected chi connectivity index (χ3v) is 4.76. The van der Waals surface area contributed by atoms with Crippen molar-refractivity contribution in [2.75, 3.05) is 19.7 Å². The quantitative estimate of drug-likeness (QED) is 0.852. The molecule has 112 valence electrons. The molecule has 1 N–H and O–H groups in total. The fourth-order valence-corrected chi connectivity index (χ4v) is 3.60. The largest absolute Gasteiger partial charge is 0.391 e. The summed E-state index contributed by atoms with van der Waals surface area (Å²) in [4.78, 5) is 2.50. The zero-order chi connectivity index (χ0) is 13.9. The summed E-state index contributed by atoms with van der Waals surface area (Å²) in [6.45, 7) is 9.84. The van der Waals surface area contributed by atoms with Gasteiger partial charge in [-0.25, -0.2) is 0 Å². The summed E-state index contributed by atoms with van der Waals surface area (Å²) in [5.74, 6) is 0. The highest BCUT2D eigenvalue weighted by atomic mass is 16.5. The molecule has 3 unspecified atom stereocenters. The highest BCUT2D eigenvalue weighted by molar-refractivity contribution is 4.92. The van der Waals surface area contributed by atoms with Crippen molar-refractivity contribution in [2.45, 2.75) is 77.5 Å². The Morgan fingerprint density at radius 2 is 2.11 bits per heavy atom. The average Bonchev–Trinajstić information content (AvgIpc) is 2.39. The van der Waals surface area contributed by atoms with E-state index < -0.39 is 0 Å². The Morgan fingerprint density at radius 3 is 2.84 bits per heavy atom. The minimum absolute atomic E-state index is 0.141. The van der Waals surface area contributed by atoms with Crippen LogP contribution in [0.2, 0.25) is 0 Å². The first-order chi connectivity index (χ1) is 9.02. The molecule has 2 aliphatic rings. The third kappa shape index (κ3) is 4.17. The van der Waals surface area contributed by atoms with E-state index in [-0.39, 0.29) is 6.10 Å². The smallest absolute Gasteiger partial charge is 0.0702 e. The molecule has 0 aromatic heterocycles. The van der Waals surface area contributed by atoms with Crippen LogP contribution in [0.3, 0.4) is 0 Å². The summed E-state index contributed by atoms with van der Waals surface area (Å²) in [5, 5.41) is 10.3. The molecule has 0 bridgehead atoms. The lowest BCUT2D eigenvalue weighted by Gasteiger charge is -2.46. The summed E-state index contributed by atoms with van der Waals surface area (Å²) in [6.07, 6.45) is 6.94. The van der Waals surface area contributed by atoms with Crippen LogP contribution in [0.4, 0.5) is 0 Å². The second-order valence-electron chi connectivity index (χ2n) is 7.17. The van der Waals surface area contributed by atoms with E-state index in [4.69, 9.17) is 4.74 Å². The summed E-state index contributed by atoms with van der Waals surface area (Å²) in [5.41, 5.74) is 0.376. The van der Waals surface area contributed by atoms with Crippen molar-refractivity contribution < 1.29 is 9.84 Å². The van der Waals surface area contributed by atoms with Gasteiger partial charge < -0.3 is 9.84 Å². The van der Waals surface area contributed by atoms with Crippen molar-refractivity contribution in [1.82, 2.24) is 4.90 Å². The lowest BCUT2D eigenvalue weighted by molar-refractivity contribution is -0.0630. The molecule has 0 aromatic rings. The minimum Gasteiger partial charge on any atom is -0.391 e. The molecular formula is C16H31NO2. The monoisotopic (exact) mass is 269 g/mol. The first kappa shape index (κ1) is 15.3. The molecule has 2 rings (SSSR count). The lowest BCUT2D eigenvalue weighted by Crippen LogP contribution is -2.53. The van der Waals surface area contributed by atoms with E-state index in [9.17, 15) is 5.11 Å². The predicted molar refractivity (Wildman–Crippen MR) is 78.3 cm³/mol. The van der Waals surface area contributed by atoms with E-state index >= 15 is 0 Å². The second kappa shape index (κ2) is 6.55. The molecular weight excluding hydrogens is 238 g/mol. The predicted octanol–water partition coefficient (Wildman–Crippen LogP) is 2.82. The maximum Gasteiger partial charge on any atom is 0.0702 e. The van der Waals surface area contributed by atoms with E-state index in [1.807, 2.05) is 0 Å². The fourth-order valence-electron chi connectivity index (χ4n) is 3.60. The number of piperidine rings is 1. The first-order valence-electron chi connectivity index (χ1n) is 8.05. The molecule has 1 heterocycles. The van der Waals surface area contributed by atoms with Gasteiger partial charge in [0, 0.05) is 19.2 Å². The number of rotatable bonds is 4. The van der Waals surface area contributed by atoms with Crippen molar-refractivity contribution in [3.63, 3.8) is 0 Å². The normalized spacial score (nSPS) is 36.3. The molecule has 1 saturated carbocycles.